The van der Waals surface area contributed by atoms with E-state index < -0.39 is 30.8 Å². The number of carboxylic acids is 1. The maximum absolute atomic E-state index is 12.3. The molecule has 1 fully saturated rings. The quantitative estimate of drug-likeness (QED) is 0.813. The van der Waals surface area contributed by atoms with Crippen molar-refractivity contribution in [1.29, 1.82) is 0 Å². The fourth-order valence-electron chi connectivity index (χ4n) is 2.11. The summed E-state index contributed by atoms with van der Waals surface area (Å²) in [6.45, 7) is 0. The third-order valence-electron chi connectivity index (χ3n) is 3.29. The number of alkyl halides is 2. The Balaban J connectivity index is 2.00. The Morgan fingerprint density at radius 1 is 1.22 bits per heavy atom. The van der Waals surface area contributed by atoms with E-state index in [-0.39, 0.29) is 5.56 Å². The molecule has 1 unspecified atom stereocenters. The van der Waals surface area contributed by atoms with Crippen molar-refractivity contribution >= 4 is 35.4 Å². The van der Waals surface area contributed by atoms with Crippen LogP contribution in [0.25, 0.3) is 0 Å². The number of benzene rings is 1. The first-order chi connectivity index (χ1) is 11.0. The minimum atomic E-state index is -2.79. The number of carbonyl (C=O) groups is 2. The van der Waals surface area contributed by atoms with Gasteiger partial charge in [-0.15, -0.1) is 23.5 Å². The number of nitrogens with one attached hydrogen (secondary N) is 1. The highest BCUT2D eigenvalue weighted by molar-refractivity contribution is 8.16. The number of rotatable bonds is 6. The number of carbonyl (C=O) groups excluding carboxylic acids is 1. The summed E-state index contributed by atoms with van der Waals surface area (Å²) in [5.41, 5.74) is 1.36. The summed E-state index contributed by atoms with van der Waals surface area (Å²) in [5.74, 6) is 0.0839. The lowest BCUT2D eigenvalue weighted by Crippen LogP contribution is -2.42. The molecule has 0 saturated carbocycles. The van der Waals surface area contributed by atoms with Crippen LogP contribution >= 0.6 is 23.5 Å². The first-order valence-corrected chi connectivity index (χ1v) is 9.22. The molecule has 126 valence electrons. The van der Waals surface area contributed by atoms with Crippen molar-refractivity contribution in [2.24, 2.45) is 0 Å². The summed E-state index contributed by atoms with van der Waals surface area (Å²) in [6.07, 6.45) is -2.51. The SMILES string of the molecule is O=C(NC(CC(F)F)C(=O)O)c1ccc(C2SCCCS2)cc1. The fourth-order valence-corrected chi connectivity index (χ4v) is 5.01. The lowest BCUT2D eigenvalue weighted by Gasteiger charge is -2.21. The second-order valence-electron chi connectivity index (χ2n) is 5.04. The Morgan fingerprint density at radius 3 is 2.35 bits per heavy atom. The van der Waals surface area contributed by atoms with E-state index in [0.29, 0.717) is 4.58 Å². The van der Waals surface area contributed by atoms with Gasteiger partial charge < -0.3 is 10.4 Å². The monoisotopic (exact) mass is 361 g/mol. The smallest absolute Gasteiger partial charge is 0.326 e. The van der Waals surface area contributed by atoms with Crippen LogP contribution in [0.1, 0.15) is 33.3 Å². The third kappa shape index (κ3) is 5.39. The number of thioether (sulfide) groups is 2. The summed E-state index contributed by atoms with van der Waals surface area (Å²) < 4.78 is 25.0. The van der Waals surface area contributed by atoms with Gasteiger partial charge in [0.2, 0.25) is 6.43 Å². The number of halogens is 2. The van der Waals surface area contributed by atoms with E-state index in [1.165, 1.54) is 6.42 Å². The number of carboxylic acid groups (broad SMARTS) is 1. The molecule has 2 N–H and O–H groups in total. The topological polar surface area (TPSA) is 66.4 Å². The van der Waals surface area contributed by atoms with Crippen LogP contribution < -0.4 is 5.32 Å². The van der Waals surface area contributed by atoms with E-state index in [2.05, 4.69) is 5.32 Å². The first-order valence-electron chi connectivity index (χ1n) is 7.12. The van der Waals surface area contributed by atoms with Gasteiger partial charge in [0, 0.05) is 12.0 Å². The van der Waals surface area contributed by atoms with Gasteiger partial charge in [-0.1, -0.05) is 12.1 Å². The first kappa shape index (κ1) is 18.1. The van der Waals surface area contributed by atoms with E-state index in [9.17, 15) is 18.4 Å². The van der Waals surface area contributed by atoms with E-state index in [1.54, 1.807) is 12.1 Å². The zero-order valence-electron chi connectivity index (χ0n) is 12.2. The summed E-state index contributed by atoms with van der Waals surface area (Å²) in [7, 11) is 0. The van der Waals surface area contributed by atoms with Crippen LogP contribution in [0.15, 0.2) is 24.3 Å². The Bertz CT molecular complexity index is 548. The van der Waals surface area contributed by atoms with Gasteiger partial charge in [0.15, 0.2) is 0 Å². The molecular weight excluding hydrogens is 344 g/mol. The molecule has 23 heavy (non-hydrogen) atoms. The number of aliphatic carboxylic acids is 1. The predicted octanol–water partition coefficient (Wildman–Crippen LogP) is 3.39. The molecule has 4 nitrogen and oxygen atoms in total. The second kappa shape index (κ2) is 8.54. The van der Waals surface area contributed by atoms with Crippen molar-refractivity contribution in [2.75, 3.05) is 11.5 Å². The average molecular weight is 361 g/mol. The van der Waals surface area contributed by atoms with Gasteiger partial charge in [-0.25, -0.2) is 13.6 Å². The van der Waals surface area contributed by atoms with Crippen LogP contribution in [-0.4, -0.2) is 41.0 Å². The van der Waals surface area contributed by atoms with Gasteiger partial charge in [0.1, 0.15) is 6.04 Å². The molecule has 1 atom stereocenters. The molecule has 0 spiro atoms. The lowest BCUT2D eigenvalue weighted by molar-refractivity contribution is -0.140. The highest BCUT2D eigenvalue weighted by Gasteiger charge is 2.25. The van der Waals surface area contributed by atoms with Crippen molar-refractivity contribution in [1.82, 2.24) is 5.32 Å². The molecule has 1 amide bonds. The van der Waals surface area contributed by atoms with Crippen molar-refractivity contribution < 1.29 is 23.5 Å². The predicted molar refractivity (Wildman–Crippen MR) is 88.2 cm³/mol. The van der Waals surface area contributed by atoms with E-state index in [1.807, 2.05) is 35.7 Å². The Kier molecular flexibility index (Phi) is 6.71. The largest absolute Gasteiger partial charge is 0.480 e. The maximum atomic E-state index is 12.3. The minimum Gasteiger partial charge on any atom is -0.480 e. The van der Waals surface area contributed by atoms with Crippen molar-refractivity contribution in [2.45, 2.75) is 29.9 Å². The molecule has 1 aliphatic heterocycles. The van der Waals surface area contributed by atoms with Gasteiger partial charge >= 0.3 is 5.97 Å². The molecule has 0 aliphatic carbocycles. The number of amides is 1. The number of hydrogen-bond acceptors (Lipinski definition) is 4. The number of hydrogen-bond donors (Lipinski definition) is 2. The maximum Gasteiger partial charge on any atom is 0.326 e. The van der Waals surface area contributed by atoms with Crippen LogP contribution in [0.2, 0.25) is 0 Å². The molecule has 0 radical (unpaired) electrons. The van der Waals surface area contributed by atoms with Gasteiger partial charge in [0.25, 0.3) is 5.91 Å². The molecule has 2 rings (SSSR count). The fraction of sp³-hybridized carbons (Fsp3) is 0.467. The minimum absolute atomic E-state index is 0.264. The molecule has 1 heterocycles. The van der Waals surface area contributed by atoms with Gasteiger partial charge in [-0.05, 0) is 35.6 Å². The molecule has 1 saturated heterocycles. The van der Waals surface area contributed by atoms with Gasteiger partial charge in [0.05, 0.1) is 4.58 Å². The Hall–Kier alpha value is -1.28. The van der Waals surface area contributed by atoms with Crippen molar-refractivity contribution in [3.63, 3.8) is 0 Å². The van der Waals surface area contributed by atoms with Crippen molar-refractivity contribution in [3.8, 4) is 0 Å². The average Bonchev–Trinajstić information content (AvgIpc) is 2.54. The summed E-state index contributed by atoms with van der Waals surface area (Å²) >= 11 is 3.71. The molecule has 8 heteroatoms. The Labute approximate surface area is 141 Å². The van der Waals surface area contributed by atoms with E-state index in [4.69, 9.17) is 5.11 Å². The van der Waals surface area contributed by atoms with Crippen LogP contribution in [-0.2, 0) is 4.79 Å². The van der Waals surface area contributed by atoms with Crippen LogP contribution in [0, 0.1) is 0 Å². The zero-order valence-corrected chi connectivity index (χ0v) is 13.8. The molecule has 0 aromatic heterocycles. The second-order valence-corrected chi connectivity index (χ2v) is 7.76. The van der Waals surface area contributed by atoms with Crippen molar-refractivity contribution in [3.05, 3.63) is 35.4 Å². The highest BCUT2D eigenvalue weighted by Crippen LogP contribution is 2.43. The van der Waals surface area contributed by atoms with Gasteiger partial charge in [-0.3, -0.25) is 4.79 Å². The van der Waals surface area contributed by atoms with E-state index in [0.717, 1.165) is 17.1 Å². The molecular formula is C15H17F2NO3S2. The molecule has 1 aromatic carbocycles. The summed E-state index contributed by atoms with van der Waals surface area (Å²) in [6, 6.07) is 5.26. The molecule has 1 aromatic rings. The van der Waals surface area contributed by atoms with Crippen LogP contribution in [0.5, 0.6) is 0 Å². The normalized spacial score (nSPS) is 17.0. The standard InChI is InChI=1S/C15H17F2NO3S2/c16-12(17)8-11(14(20)21)18-13(19)9-2-4-10(5-3-9)15-22-6-1-7-23-15/h2-5,11-12,15H,1,6-8H2,(H,18,19)(H,20,21). The highest BCUT2D eigenvalue weighted by atomic mass is 32.2. The molecule has 0 bridgehead atoms. The van der Waals surface area contributed by atoms with Gasteiger partial charge in [-0.2, -0.15) is 0 Å². The third-order valence-corrected chi connectivity index (χ3v) is 6.30. The molecule has 1 aliphatic rings. The van der Waals surface area contributed by atoms with Crippen LogP contribution in [0.3, 0.4) is 0 Å². The lowest BCUT2D eigenvalue weighted by atomic mass is 10.1. The summed E-state index contributed by atoms with van der Waals surface area (Å²) in [4.78, 5) is 22.9. The summed E-state index contributed by atoms with van der Waals surface area (Å²) in [5, 5.41) is 11.0. The van der Waals surface area contributed by atoms with Crippen LogP contribution in [0.4, 0.5) is 8.78 Å². The van der Waals surface area contributed by atoms with E-state index >= 15 is 0 Å². The zero-order chi connectivity index (χ0) is 16.8. The Morgan fingerprint density at radius 2 is 1.83 bits per heavy atom.